The fourth-order valence-electron chi connectivity index (χ4n) is 2.33. The Bertz CT molecular complexity index is 629. The third-order valence-corrected chi connectivity index (χ3v) is 3.65. The van der Waals surface area contributed by atoms with Crippen LogP contribution in [0.25, 0.3) is 10.8 Å². The predicted octanol–water partition coefficient (Wildman–Crippen LogP) is 1.85. The molecule has 0 radical (unpaired) electrons. The SMILES string of the molecule is O=c1[nH]c(NCC2(O)CCC2)cc2ccccc12. The first-order valence-electron chi connectivity index (χ1n) is 6.25. The molecule has 1 aliphatic rings. The Morgan fingerprint density at radius 3 is 2.83 bits per heavy atom. The van der Waals surface area contributed by atoms with Crippen molar-refractivity contribution in [1.82, 2.24) is 4.98 Å². The molecular weight excluding hydrogens is 228 g/mol. The molecule has 1 fully saturated rings. The van der Waals surface area contributed by atoms with Crippen LogP contribution in [0.5, 0.6) is 0 Å². The summed E-state index contributed by atoms with van der Waals surface area (Å²) in [7, 11) is 0. The van der Waals surface area contributed by atoms with Crippen LogP contribution in [0.15, 0.2) is 35.1 Å². The van der Waals surface area contributed by atoms with Gasteiger partial charge >= 0.3 is 0 Å². The van der Waals surface area contributed by atoms with Crippen LogP contribution in [0.3, 0.4) is 0 Å². The first kappa shape index (κ1) is 11.3. The van der Waals surface area contributed by atoms with E-state index >= 15 is 0 Å². The molecule has 94 valence electrons. The molecule has 0 spiro atoms. The van der Waals surface area contributed by atoms with Gasteiger partial charge in [-0.25, -0.2) is 0 Å². The molecule has 1 aliphatic carbocycles. The van der Waals surface area contributed by atoms with Crippen LogP contribution >= 0.6 is 0 Å². The second kappa shape index (κ2) is 4.14. The number of aliphatic hydroxyl groups is 1. The lowest BCUT2D eigenvalue weighted by Crippen LogP contribution is -2.43. The Hall–Kier alpha value is -1.81. The highest BCUT2D eigenvalue weighted by Crippen LogP contribution is 2.31. The largest absolute Gasteiger partial charge is 0.388 e. The van der Waals surface area contributed by atoms with Gasteiger partial charge in [-0.2, -0.15) is 0 Å². The molecule has 0 unspecified atom stereocenters. The second-order valence-corrected chi connectivity index (χ2v) is 5.03. The van der Waals surface area contributed by atoms with Gasteiger partial charge in [0.2, 0.25) is 0 Å². The van der Waals surface area contributed by atoms with Gasteiger partial charge < -0.3 is 15.4 Å². The molecule has 1 saturated carbocycles. The van der Waals surface area contributed by atoms with Gasteiger partial charge in [0.1, 0.15) is 5.82 Å². The van der Waals surface area contributed by atoms with Crippen molar-refractivity contribution in [3.8, 4) is 0 Å². The zero-order chi connectivity index (χ0) is 12.6. The molecule has 18 heavy (non-hydrogen) atoms. The molecule has 0 saturated heterocycles. The summed E-state index contributed by atoms with van der Waals surface area (Å²) in [5.74, 6) is 0.666. The van der Waals surface area contributed by atoms with Crippen LogP contribution in [0.2, 0.25) is 0 Å². The van der Waals surface area contributed by atoms with Crippen LogP contribution in [0, 0.1) is 0 Å². The molecule has 3 N–H and O–H groups in total. The number of pyridine rings is 1. The maximum Gasteiger partial charge on any atom is 0.257 e. The Labute approximate surface area is 105 Å². The number of anilines is 1. The van der Waals surface area contributed by atoms with Gasteiger partial charge in [0.25, 0.3) is 5.56 Å². The lowest BCUT2D eigenvalue weighted by molar-refractivity contribution is -0.0202. The molecule has 1 heterocycles. The molecular formula is C14H16N2O2. The minimum Gasteiger partial charge on any atom is -0.388 e. The molecule has 0 amide bonds. The summed E-state index contributed by atoms with van der Waals surface area (Å²) < 4.78 is 0. The summed E-state index contributed by atoms with van der Waals surface area (Å²) in [6, 6.07) is 9.37. The third-order valence-electron chi connectivity index (χ3n) is 3.65. The molecule has 4 nitrogen and oxygen atoms in total. The summed E-state index contributed by atoms with van der Waals surface area (Å²) in [5.41, 5.74) is -0.695. The summed E-state index contributed by atoms with van der Waals surface area (Å²) in [6.07, 6.45) is 2.74. The smallest absolute Gasteiger partial charge is 0.257 e. The summed E-state index contributed by atoms with van der Waals surface area (Å²) in [6.45, 7) is 0.487. The Kier molecular flexibility index (Phi) is 2.59. The van der Waals surface area contributed by atoms with Crippen molar-refractivity contribution >= 4 is 16.6 Å². The maximum absolute atomic E-state index is 11.8. The van der Waals surface area contributed by atoms with Crippen LogP contribution in [-0.4, -0.2) is 22.2 Å². The quantitative estimate of drug-likeness (QED) is 0.772. The van der Waals surface area contributed by atoms with Gasteiger partial charge in [-0.3, -0.25) is 4.79 Å². The minimum absolute atomic E-state index is 0.101. The number of hydrogen-bond acceptors (Lipinski definition) is 3. The molecule has 0 aliphatic heterocycles. The van der Waals surface area contributed by atoms with Crippen molar-refractivity contribution in [1.29, 1.82) is 0 Å². The van der Waals surface area contributed by atoms with Crippen molar-refractivity contribution in [3.63, 3.8) is 0 Å². The fourth-order valence-corrected chi connectivity index (χ4v) is 2.33. The van der Waals surface area contributed by atoms with E-state index in [9.17, 15) is 9.90 Å². The van der Waals surface area contributed by atoms with E-state index in [2.05, 4.69) is 10.3 Å². The van der Waals surface area contributed by atoms with E-state index in [4.69, 9.17) is 0 Å². The highest BCUT2D eigenvalue weighted by atomic mass is 16.3. The van der Waals surface area contributed by atoms with Crippen LogP contribution < -0.4 is 10.9 Å². The van der Waals surface area contributed by atoms with Gasteiger partial charge in [0.15, 0.2) is 0 Å². The number of nitrogens with one attached hydrogen (secondary N) is 2. The van der Waals surface area contributed by atoms with E-state index < -0.39 is 5.60 Å². The molecule has 0 bridgehead atoms. The Morgan fingerprint density at radius 1 is 1.33 bits per heavy atom. The number of benzene rings is 1. The van der Waals surface area contributed by atoms with E-state index in [0.717, 1.165) is 24.6 Å². The standard InChI is InChI=1S/C14H16N2O2/c17-13-11-5-2-1-4-10(11)8-12(16-13)15-9-14(18)6-3-7-14/h1-2,4-5,8,18H,3,6-7,9H2,(H2,15,16,17). The topological polar surface area (TPSA) is 65.1 Å². The van der Waals surface area contributed by atoms with Crippen molar-refractivity contribution in [2.75, 3.05) is 11.9 Å². The van der Waals surface area contributed by atoms with Crippen LogP contribution in [0.4, 0.5) is 5.82 Å². The second-order valence-electron chi connectivity index (χ2n) is 5.03. The highest BCUT2D eigenvalue weighted by Gasteiger charge is 2.33. The number of fused-ring (bicyclic) bond motifs is 1. The average Bonchev–Trinajstić information content (AvgIpc) is 2.34. The van der Waals surface area contributed by atoms with Gasteiger partial charge in [-0.15, -0.1) is 0 Å². The van der Waals surface area contributed by atoms with Gasteiger partial charge in [-0.1, -0.05) is 18.2 Å². The highest BCUT2D eigenvalue weighted by molar-refractivity contribution is 5.83. The van der Waals surface area contributed by atoms with E-state index in [-0.39, 0.29) is 5.56 Å². The minimum atomic E-state index is -0.595. The summed E-state index contributed by atoms with van der Waals surface area (Å²) in [4.78, 5) is 14.6. The van der Waals surface area contributed by atoms with Crippen LogP contribution in [0.1, 0.15) is 19.3 Å². The fraction of sp³-hybridized carbons (Fsp3) is 0.357. The molecule has 2 aromatic rings. The van der Waals surface area contributed by atoms with Crippen molar-refractivity contribution in [2.24, 2.45) is 0 Å². The summed E-state index contributed by atoms with van der Waals surface area (Å²) >= 11 is 0. The monoisotopic (exact) mass is 244 g/mol. The first-order valence-corrected chi connectivity index (χ1v) is 6.25. The Morgan fingerprint density at radius 2 is 2.11 bits per heavy atom. The Balaban J connectivity index is 1.86. The predicted molar refractivity (Wildman–Crippen MR) is 71.9 cm³/mol. The number of aromatic amines is 1. The van der Waals surface area contributed by atoms with Crippen molar-refractivity contribution < 1.29 is 5.11 Å². The molecule has 1 aromatic carbocycles. The van der Waals surface area contributed by atoms with E-state index in [0.29, 0.717) is 17.7 Å². The molecule has 1 aromatic heterocycles. The van der Waals surface area contributed by atoms with Crippen LogP contribution in [-0.2, 0) is 0 Å². The lowest BCUT2D eigenvalue weighted by atomic mass is 9.80. The number of aromatic nitrogens is 1. The molecule has 3 rings (SSSR count). The zero-order valence-corrected chi connectivity index (χ0v) is 10.1. The molecule has 4 heteroatoms. The average molecular weight is 244 g/mol. The van der Waals surface area contributed by atoms with Crippen molar-refractivity contribution in [2.45, 2.75) is 24.9 Å². The van der Waals surface area contributed by atoms with E-state index in [1.165, 1.54) is 0 Å². The van der Waals surface area contributed by atoms with Gasteiger partial charge in [0, 0.05) is 11.9 Å². The normalized spacial score (nSPS) is 17.4. The number of hydrogen-bond donors (Lipinski definition) is 3. The maximum atomic E-state index is 11.8. The summed E-state index contributed by atoms with van der Waals surface area (Å²) in [5, 5.41) is 14.7. The van der Waals surface area contributed by atoms with E-state index in [1.54, 1.807) is 6.07 Å². The zero-order valence-electron chi connectivity index (χ0n) is 10.1. The van der Waals surface area contributed by atoms with Crippen molar-refractivity contribution in [3.05, 3.63) is 40.7 Å². The van der Waals surface area contributed by atoms with Gasteiger partial charge in [-0.05, 0) is 36.8 Å². The number of H-pyrrole nitrogens is 1. The third kappa shape index (κ3) is 1.99. The first-order chi connectivity index (χ1) is 8.66. The van der Waals surface area contributed by atoms with Gasteiger partial charge in [0.05, 0.1) is 5.60 Å². The lowest BCUT2D eigenvalue weighted by Gasteiger charge is -2.36. The number of rotatable bonds is 3. The van der Waals surface area contributed by atoms with E-state index in [1.807, 2.05) is 24.3 Å². The molecule has 0 atom stereocenters.